The van der Waals surface area contributed by atoms with Gasteiger partial charge in [-0.1, -0.05) is 19.1 Å². The van der Waals surface area contributed by atoms with E-state index in [0.717, 1.165) is 18.7 Å². The summed E-state index contributed by atoms with van der Waals surface area (Å²) >= 11 is 0. The summed E-state index contributed by atoms with van der Waals surface area (Å²) in [5, 5.41) is 3.12. The Labute approximate surface area is 106 Å². The van der Waals surface area contributed by atoms with Crippen molar-refractivity contribution < 1.29 is 4.39 Å². The predicted molar refractivity (Wildman–Crippen MR) is 70.9 cm³/mol. The maximum Gasteiger partial charge on any atom is 0.223 e. The third-order valence-corrected chi connectivity index (χ3v) is 2.54. The number of halogens is 1. The van der Waals surface area contributed by atoms with Crippen LogP contribution < -0.4 is 5.32 Å². The Morgan fingerprint density at radius 3 is 2.72 bits per heavy atom. The number of nitrogens with one attached hydrogen (secondary N) is 1. The number of hydrogen-bond acceptors (Lipinski definition) is 3. The first-order chi connectivity index (χ1) is 8.70. The van der Waals surface area contributed by atoms with Gasteiger partial charge in [0.05, 0.1) is 5.69 Å². The van der Waals surface area contributed by atoms with Gasteiger partial charge in [0.15, 0.2) is 0 Å². The molecule has 1 N–H and O–H groups in total. The molecule has 0 bridgehead atoms. The van der Waals surface area contributed by atoms with Crippen LogP contribution in [0.1, 0.15) is 19.0 Å². The number of hydrogen-bond donors (Lipinski definition) is 1. The molecule has 94 valence electrons. The molecule has 0 radical (unpaired) electrons. The van der Waals surface area contributed by atoms with Gasteiger partial charge in [-0.3, -0.25) is 0 Å². The van der Waals surface area contributed by atoms with Crippen molar-refractivity contribution in [2.45, 2.75) is 20.3 Å². The van der Waals surface area contributed by atoms with Gasteiger partial charge in [-0.25, -0.2) is 14.4 Å². The first-order valence-corrected chi connectivity index (χ1v) is 6.05. The van der Waals surface area contributed by atoms with Crippen LogP contribution in [-0.4, -0.2) is 16.5 Å². The highest BCUT2D eigenvalue weighted by atomic mass is 19.1. The van der Waals surface area contributed by atoms with E-state index in [4.69, 9.17) is 0 Å². The molecule has 18 heavy (non-hydrogen) atoms. The summed E-state index contributed by atoms with van der Waals surface area (Å²) in [5.74, 6) is 0.284. The summed E-state index contributed by atoms with van der Waals surface area (Å²) < 4.78 is 13.7. The minimum atomic E-state index is -0.267. The first-order valence-electron chi connectivity index (χ1n) is 6.05. The molecular formula is C14H16FN3. The van der Waals surface area contributed by atoms with Crippen LogP contribution in [0, 0.1) is 12.7 Å². The number of aromatic nitrogens is 2. The molecule has 2 rings (SSSR count). The normalized spacial score (nSPS) is 10.4. The predicted octanol–water partition coefficient (Wildman–Crippen LogP) is 3.41. The molecule has 0 unspecified atom stereocenters. The standard InChI is InChI=1S/C14H16FN3/c1-3-8-16-14-17-10(2)9-13(18-14)11-6-4-5-7-12(11)15/h4-7,9H,3,8H2,1-2H3,(H,16,17,18). The molecule has 0 atom stereocenters. The second-order valence-electron chi connectivity index (χ2n) is 4.12. The van der Waals surface area contributed by atoms with Crippen LogP contribution in [0.15, 0.2) is 30.3 Å². The molecule has 0 aliphatic rings. The van der Waals surface area contributed by atoms with Crippen molar-refractivity contribution in [1.29, 1.82) is 0 Å². The van der Waals surface area contributed by atoms with Crippen LogP contribution in [0.5, 0.6) is 0 Å². The number of aryl methyl sites for hydroxylation is 1. The highest BCUT2D eigenvalue weighted by Gasteiger charge is 2.08. The third kappa shape index (κ3) is 2.83. The van der Waals surface area contributed by atoms with Gasteiger partial charge >= 0.3 is 0 Å². The average Bonchev–Trinajstić information content (AvgIpc) is 2.36. The van der Waals surface area contributed by atoms with Crippen LogP contribution in [-0.2, 0) is 0 Å². The van der Waals surface area contributed by atoms with E-state index < -0.39 is 0 Å². The molecule has 0 aliphatic carbocycles. The number of anilines is 1. The van der Waals surface area contributed by atoms with Crippen LogP contribution in [0.25, 0.3) is 11.3 Å². The van der Waals surface area contributed by atoms with Gasteiger partial charge in [-0.2, -0.15) is 0 Å². The van der Waals surface area contributed by atoms with E-state index in [1.54, 1.807) is 24.3 Å². The number of nitrogens with zero attached hydrogens (tertiary/aromatic N) is 2. The zero-order valence-electron chi connectivity index (χ0n) is 10.6. The molecule has 1 aromatic heterocycles. The lowest BCUT2D eigenvalue weighted by molar-refractivity contribution is 0.630. The summed E-state index contributed by atoms with van der Waals surface area (Å²) in [4.78, 5) is 8.62. The van der Waals surface area contributed by atoms with Gasteiger partial charge < -0.3 is 5.32 Å². The quantitative estimate of drug-likeness (QED) is 0.897. The third-order valence-electron chi connectivity index (χ3n) is 2.54. The second-order valence-corrected chi connectivity index (χ2v) is 4.12. The van der Waals surface area contributed by atoms with Crippen molar-refractivity contribution in [3.05, 3.63) is 41.8 Å². The van der Waals surface area contributed by atoms with Gasteiger partial charge in [-0.05, 0) is 31.5 Å². The van der Waals surface area contributed by atoms with Crippen molar-refractivity contribution >= 4 is 5.95 Å². The zero-order valence-corrected chi connectivity index (χ0v) is 10.6. The van der Waals surface area contributed by atoms with E-state index in [9.17, 15) is 4.39 Å². The Kier molecular flexibility index (Phi) is 3.87. The summed E-state index contributed by atoms with van der Waals surface area (Å²) in [6.45, 7) is 4.75. The van der Waals surface area contributed by atoms with E-state index in [-0.39, 0.29) is 5.82 Å². The maximum absolute atomic E-state index is 13.7. The van der Waals surface area contributed by atoms with Crippen molar-refractivity contribution in [3.63, 3.8) is 0 Å². The largest absolute Gasteiger partial charge is 0.354 e. The van der Waals surface area contributed by atoms with Gasteiger partial charge in [0.25, 0.3) is 0 Å². The molecule has 2 aromatic rings. The lowest BCUT2D eigenvalue weighted by Crippen LogP contribution is -2.06. The van der Waals surface area contributed by atoms with Crippen molar-refractivity contribution in [2.75, 3.05) is 11.9 Å². The molecule has 3 nitrogen and oxygen atoms in total. The Morgan fingerprint density at radius 2 is 2.00 bits per heavy atom. The van der Waals surface area contributed by atoms with Crippen molar-refractivity contribution in [1.82, 2.24) is 9.97 Å². The monoisotopic (exact) mass is 245 g/mol. The minimum Gasteiger partial charge on any atom is -0.354 e. The Balaban J connectivity index is 2.39. The zero-order chi connectivity index (χ0) is 13.0. The van der Waals surface area contributed by atoms with Crippen molar-refractivity contribution in [2.24, 2.45) is 0 Å². The van der Waals surface area contributed by atoms with Crippen LogP contribution in [0.2, 0.25) is 0 Å². The van der Waals surface area contributed by atoms with Crippen LogP contribution in [0.4, 0.5) is 10.3 Å². The molecule has 1 aromatic carbocycles. The lowest BCUT2D eigenvalue weighted by Gasteiger charge is -2.08. The lowest BCUT2D eigenvalue weighted by atomic mass is 10.1. The van der Waals surface area contributed by atoms with Gasteiger partial charge in [0, 0.05) is 17.8 Å². The SMILES string of the molecule is CCCNc1nc(C)cc(-c2ccccc2F)n1. The van der Waals surface area contributed by atoms with E-state index in [1.807, 2.05) is 6.92 Å². The average molecular weight is 245 g/mol. The molecule has 0 fully saturated rings. The molecule has 0 saturated carbocycles. The fraction of sp³-hybridized carbons (Fsp3) is 0.286. The maximum atomic E-state index is 13.7. The smallest absolute Gasteiger partial charge is 0.223 e. The highest BCUT2D eigenvalue weighted by molar-refractivity contribution is 5.61. The fourth-order valence-electron chi connectivity index (χ4n) is 1.69. The summed E-state index contributed by atoms with van der Waals surface area (Å²) in [7, 11) is 0. The molecule has 1 heterocycles. The number of rotatable bonds is 4. The number of benzene rings is 1. The van der Waals surface area contributed by atoms with E-state index in [2.05, 4.69) is 22.2 Å². The summed E-state index contributed by atoms with van der Waals surface area (Å²) in [5.41, 5.74) is 1.93. The fourth-order valence-corrected chi connectivity index (χ4v) is 1.69. The molecular weight excluding hydrogens is 229 g/mol. The van der Waals surface area contributed by atoms with E-state index >= 15 is 0 Å². The van der Waals surface area contributed by atoms with Crippen LogP contribution >= 0.6 is 0 Å². The summed E-state index contributed by atoms with van der Waals surface area (Å²) in [6, 6.07) is 8.42. The molecule has 0 spiro atoms. The van der Waals surface area contributed by atoms with E-state index in [0.29, 0.717) is 17.2 Å². The van der Waals surface area contributed by atoms with Gasteiger partial charge in [0.1, 0.15) is 5.82 Å². The molecule has 0 saturated heterocycles. The van der Waals surface area contributed by atoms with Crippen LogP contribution in [0.3, 0.4) is 0 Å². The first kappa shape index (κ1) is 12.5. The Hall–Kier alpha value is -1.97. The second kappa shape index (κ2) is 5.58. The topological polar surface area (TPSA) is 37.8 Å². The van der Waals surface area contributed by atoms with Gasteiger partial charge in [-0.15, -0.1) is 0 Å². The Bertz CT molecular complexity index is 540. The Morgan fingerprint density at radius 1 is 1.22 bits per heavy atom. The van der Waals surface area contributed by atoms with E-state index in [1.165, 1.54) is 6.07 Å². The minimum absolute atomic E-state index is 0.267. The summed E-state index contributed by atoms with van der Waals surface area (Å²) in [6.07, 6.45) is 0.992. The molecule has 4 heteroatoms. The van der Waals surface area contributed by atoms with Gasteiger partial charge in [0.2, 0.25) is 5.95 Å². The molecule has 0 amide bonds. The van der Waals surface area contributed by atoms with Crippen molar-refractivity contribution in [3.8, 4) is 11.3 Å². The molecule has 0 aliphatic heterocycles. The highest BCUT2D eigenvalue weighted by Crippen LogP contribution is 2.22.